The van der Waals surface area contributed by atoms with Crippen molar-refractivity contribution in [3.05, 3.63) is 59.4 Å². The number of benzene rings is 2. The molecule has 158 valence electrons. The van der Waals surface area contributed by atoms with Gasteiger partial charge in [0.25, 0.3) is 0 Å². The van der Waals surface area contributed by atoms with Gasteiger partial charge in [0.15, 0.2) is 0 Å². The molecule has 0 atom stereocenters. The first kappa shape index (κ1) is 20.8. The van der Waals surface area contributed by atoms with Gasteiger partial charge >= 0.3 is 0 Å². The number of rotatable bonds is 5. The highest BCUT2D eigenvalue weighted by Crippen LogP contribution is 2.21. The summed E-state index contributed by atoms with van der Waals surface area (Å²) in [4.78, 5) is 19.4. The number of nitrogens with zero attached hydrogens (tertiary/aromatic N) is 4. The molecule has 0 radical (unpaired) electrons. The molecule has 1 saturated heterocycles. The second-order valence-corrected chi connectivity index (χ2v) is 9.57. The summed E-state index contributed by atoms with van der Waals surface area (Å²) in [6, 6.07) is 14.0. The van der Waals surface area contributed by atoms with Crippen LogP contribution in [0.25, 0.3) is 11.0 Å². The summed E-state index contributed by atoms with van der Waals surface area (Å²) < 4.78 is 29.1. The molecule has 0 N–H and O–H groups in total. The minimum absolute atomic E-state index is 0.0346. The van der Waals surface area contributed by atoms with Crippen molar-refractivity contribution in [1.29, 1.82) is 0 Å². The van der Waals surface area contributed by atoms with E-state index in [9.17, 15) is 13.2 Å². The van der Waals surface area contributed by atoms with E-state index in [1.54, 1.807) is 17.0 Å². The Morgan fingerprint density at radius 2 is 1.80 bits per heavy atom. The van der Waals surface area contributed by atoms with Gasteiger partial charge < -0.3 is 9.47 Å². The van der Waals surface area contributed by atoms with Crippen LogP contribution in [-0.2, 0) is 27.8 Å². The molecule has 1 aromatic heterocycles. The molecule has 2 aromatic carbocycles. The molecule has 1 aliphatic heterocycles. The summed E-state index contributed by atoms with van der Waals surface area (Å²) >= 11 is 5.95. The van der Waals surface area contributed by atoms with E-state index in [2.05, 4.69) is 4.98 Å². The van der Waals surface area contributed by atoms with Crippen LogP contribution in [0.15, 0.2) is 53.4 Å². The summed E-state index contributed by atoms with van der Waals surface area (Å²) in [6.07, 6.45) is 0.730. The molecule has 1 amide bonds. The molecule has 1 fully saturated rings. The molecule has 7 nitrogen and oxygen atoms in total. The zero-order chi connectivity index (χ0) is 21.3. The van der Waals surface area contributed by atoms with Crippen molar-refractivity contribution in [2.45, 2.75) is 24.8 Å². The number of sulfonamides is 1. The van der Waals surface area contributed by atoms with Gasteiger partial charge in [-0.2, -0.15) is 4.31 Å². The van der Waals surface area contributed by atoms with Crippen molar-refractivity contribution < 1.29 is 13.2 Å². The lowest BCUT2D eigenvalue weighted by Crippen LogP contribution is -2.51. The van der Waals surface area contributed by atoms with E-state index in [4.69, 9.17) is 11.6 Å². The predicted molar refractivity (Wildman–Crippen MR) is 116 cm³/mol. The Labute approximate surface area is 180 Å². The van der Waals surface area contributed by atoms with Crippen LogP contribution in [0.1, 0.15) is 12.7 Å². The van der Waals surface area contributed by atoms with E-state index in [-0.39, 0.29) is 30.4 Å². The summed E-state index contributed by atoms with van der Waals surface area (Å²) in [7, 11) is -3.63. The summed E-state index contributed by atoms with van der Waals surface area (Å²) in [5, 5.41) is 0.379. The Hall–Kier alpha value is -2.42. The van der Waals surface area contributed by atoms with E-state index >= 15 is 0 Å². The van der Waals surface area contributed by atoms with Crippen molar-refractivity contribution in [2.24, 2.45) is 0 Å². The first-order chi connectivity index (χ1) is 14.4. The Morgan fingerprint density at radius 1 is 1.07 bits per heavy atom. The Kier molecular flexibility index (Phi) is 5.81. The summed E-state index contributed by atoms with van der Waals surface area (Å²) in [5.74, 6) is 0.833. The number of carbonyl (C=O) groups excluding carboxylic acids is 1. The van der Waals surface area contributed by atoms with Crippen LogP contribution < -0.4 is 0 Å². The fraction of sp³-hybridized carbons (Fsp3) is 0.333. The number of para-hydroxylation sites is 2. The fourth-order valence-corrected chi connectivity index (χ4v) is 5.48. The number of imidazole rings is 1. The molecular formula is C21H23ClN4O3S. The van der Waals surface area contributed by atoms with Gasteiger partial charge in [0.05, 0.1) is 15.9 Å². The molecule has 9 heteroatoms. The molecule has 3 aromatic rings. The highest BCUT2D eigenvalue weighted by molar-refractivity contribution is 7.89. The number of hydrogen-bond donors (Lipinski definition) is 0. The maximum atomic E-state index is 12.9. The molecular weight excluding hydrogens is 424 g/mol. The number of aryl methyl sites for hydroxylation is 1. The van der Waals surface area contributed by atoms with Crippen molar-refractivity contribution in [3.63, 3.8) is 0 Å². The lowest BCUT2D eigenvalue weighted by Gasteiger charge is -2.34. The van der Waals surface area contributed by atoms with E-state index < -0.39 is 10.0 Å². The molecule has 0 aliphatic carbocycles. The maximum Gasteiger partial charge on any atom is 0.243 e. The minimum atomic E-state index is -3.63. The van der Waals surface area contributed by atoms with Crippen molar-refractivity contribution in [2.75, 3.05) is 26.2 Å². The van der Waals surface area contributed by atoms with Crippen LogP contribution in [0.3, 0.4) is 0 Å². The smallest absolute Gasteiger partial charge is 0.243 e. The SMILES string of the molecule is CCc1nc2ccccc2n1CC(=O)N1CCN(S(=O)(=O)c2cccc(Cl)c2)CC1. The standard InChI is InChI=1S/C21H23ClN4O3S/c1-2-20-23-18-8-3-4-9-19(18)26(20)15-21(27)24-10-12-25(13-11-24)30(28,29)17-7-5-6-16(22)14-17/h3-9,14H,2,10-13,15H2,1H3. The average Bonchev–Trinajstić information content (AvgIpc) is 3.11. The van der Waals surface area contributed by atoms with Crippen molar-refractivity contribution in [1.82, 2.24) is 18.8 Å². The third kappa shape index (κ3) is 3.95. The zero-order valence-corrected chi connectivity index (χ0v) is 18.2. The van der Waals surface area contributed by atoms with Crippen LogP contribution in [0, 0.1) is 0 Å². The van der Waals surface area contributed by atoms with Crippen LogP contribution in [-0.4, -0.2) is 59.3 Å². The minimum Gasteiger partial charge on any atom is -0.339 e. The Morgan fingerprint density at radius 3 is 2.50 bits per heavy atom. The molecule has 0 unspecified atom stereocenters. The van der Waals surface area contributed by atoms with Gasteiger partial charge in [-0.15, -0.1) is 0 Å². The van der Waals surface area contributed by atoms with Crippen molar-refractivity contribution >= 4 is 38.6 Å². The Bertz CT molecular complexity index is 1180. The highest BCUT2D eigenvalue weighted by atomic mass is 35.5. The van der Waals surface area contributed by atoms with Gasteiger partial charge in [0, 0.05) is 37.6 Å². The first-order valence-corrected chi connectivity index (χ1v) is 11.7. The van der Waals surface area contributed by atoms with E-state index in [1.807, 2.05) is 35.8 Å². The monoisotopic (exact) mass is 446 g/mol. The molecule has 0 spiro atoms. The van der Waals surface area contributed by atoms with Gasteiger partial charge in [0.1, 0.15) is 12.4 Å². The van der Waals surface area contributed by atoms with Crippen LogP contribution in [0.5, 0.6) is 0 Å². The lowest BCUT2D eigenvalue weighted by atomic mass is 10.3. The van der Waals surface area contributed by atoms with Crippen LogP contribution in [0.4, 0.5) is 0 Å². The largest absolute Gasteiger partial charge is 0.339 e. The van der Waals surface area contributed by atoms with Crippen LogP contribution in [0.2, 0.25) is 5.02 Å². The van der Waals surface area contributed by atoms with Gasteiger partial charge in [-0.05, 0) is 30.3 Å². The second-order valence-electron chi connectivity index (χ2n) is 7.20. The number of fused-ring (bicyclic) bond motifs is 1. The highest BCUT2D eigenvalue weighted by Gasteiger charge is 2.30. The quantitative estimate of drug-likeness (QED) is 0.604. The van der Waals surface area contributed by atoms with Gasteiger partial charge in [0.2, 0.25) is 15.9 Å². The van der Waals surface area contributed by atoms with Gasteiger partial charge in [-0.1, -0.05) is 36.7 Å². The summed E-state index contributed by atoms with van der Waals surface area (Å²) in [6.45, 7) is 3.43. The number of piperazine rings is 1. The first-order valence-electron chi connectivity index (χ1n) is 9.88. The van der Waals surface area contributed by atoms with Gasteiger partial charge in [-0.25, -0.2) is 13.4 Å². The van der Waals surface area contributed by atoms with E-state index in [0.29, 0.717) is 18.1 Å². The maximum absolute atomic E-state index is 12.9. The normalized spacial score (nSPS) is 15.6. The molecule has 0 bridgehead atoms. The average molecular weight is 447 g/mol. The predicted octanol–water partition coefficient (Wildman–Crippen LogP) is 2.79. The van der Waals surface area contributed by atoms with E-state index in [0.717, 1.165) is 23.3 Å². The fourth-order valence-electron chi connectivity index (χ4n) is 3.76. The number of halogens is 1. The van der Waals surface area contributed by atoms with Gasteiger partial charge in [-0.3, -0.25) is 4.79 Å². The third-order valence-electron chi connectivity index (χ3n) is 5.37. The molecule has 30 heavy (non-hydrogen) atoms. The zero-order valence-electron chi connectivity index (χ0n) is 16.7. The van der Waals surface area contributed by atoms with Crippen LogP contribution >= 0.6 is 11.6 Å². The lowest BCUT2D eigenvalue weighted by molar-refractivity contribution is -0.133. The topological polar surface area (TPSA) is 75.5 Å². The molecule has 0 saturated carbocycles. The third-order valence-corrected chi connectivity index (χ3v) is 7.50. The van der Waals surface area contributed by atoms with Crippen molar-refractivity contribution in [3.8, 4) is 0 Å². The molecule has 4 rings (SSSR count). The van der Waals surface area contributed by atoms with E-state index in [1.165, 1.54) is 16.4 Å². The molecule has 2 heterocycles. The Balaban J connectivity index is 1.45. The number of hydrogen-bond acceptors (Lipinski definition) is 4. The number of carbonyl (C=O) groups is 1. The number of amides is 1. The molecule has 1 aliphatic rings. The number of aromatic nitrogens is 2. The summed E-state index contributed by atoms with van der Waals surface area (Å²) in [5.41, 5.74) is 1.81. The second kappa shape index (κ2) is 8.37.